The van der Waals surface area contributed by atoms with Gasteiger partial charge in [0.15, 0.2) is 21.2 Å². The first-order valence-electron chi connectivity index (χ1n) is 3.15. The van der Waals surface area contributed by atoms with Crippen LogP contribution in [0, 0.1) is 15.2 Å². The fourth-order valence-electron chi connectivity index (χ4n) is 0.814. The summed E-state index contributed by atoms with van der Waals surface area (Å²) in [6, 6.07) is 1.01. The van der Waals surface area contributed by atoms with Crippen LogP contribution < -0.4 is 5.14 Å². The highest BCUT2D eigenvalue weighted by Gasteiger charge is 2.19. The standard InChI is InChI=1S/C6H4F2INO3S/c7-3-1-4(8)6(9-11)5(2-3)14(10,12)13/h1-2H,(H2,10,12,13). The van der Waals surface area contributed by atoms with Crippen LogP contribution in [0.5, 0.6) is 0 Å². The summed E-state index contributed by atoms with van der Waals surface area (Å²) in [5.74, 6) is -2.23. The number of sulfonamides is 1. The van der Waals surface area contributed by atoms with Gasteiger partial charge in [0.25, 0.3) is 0 Å². The SMILES string of the molecule is NS(=O)(=O)c1cc(F)cc(F)c1I=O. The Kier molecular flexibility index (Phi) is 3.27. The van der Waals surface area contributed by atoms with Gasteiger partial charge in [0.2, 0.25) is 10.0 Å². The van der Waals surface area contributed by atoms with Gasteiger partial charge in [-0.3, -0.25) is 3.07 Å². The van der Waals surface area contributed by atoms with Crippen molar-refractivity contribution in [3.05, 3.63) is 27.3 Å². The van der Waals surface area contributed by atoms with E-state index in [2.05, 4.69) is 5.14 Å². The highest BCUT2D eigenvalue weighted by Crippen LogP contribution is 2.24. The highest BCUT2D eigenvalue weighted by atomic mass is 127. The minimum Gasteiger partial charge on any atom is -0.265 e. The van der Waals surface area contributed by atoms with E-state index in [9.17, 15) is 20.3 Å². The number of nitrogens with two attached hydrogens (primary N) is 1. The molecule has 0 amide bonds. The van der Waals surface area contributed by atoms with Gasteiger partial charge in [0.05, 0.1) is 0 Å². The molecule has 4 nitrogen and oxygen atoms in total. The van der Waals surface area contributed by atoms with Crippen molar-refractivity contribution in [2.45, 2.75) is 4.90 Å². The molecule has 78 valence electrons. The van der Waals surface area contributed by atoms with Gasteiger partial charge in [-0.15, -0.1) is 0 Å². The summed E-state index contributed by atoms with van der Waals surface area (Å²) in [6.45, 7) is 0. The van der Waals surface area contributed by atoms with E-state index < -0.39 is 51.3 Å². The normalized spacial score (nSPS) is 11.6. The van der Waals surface area contributed by atoms with Crippen LogP contribution in [0.4, 0.5) is 8.78 Å². The maximum Gasteiger partial charge on any atom is 0.239 e. The third-order valence-electron chi connectivity index (χ3n) is 1.34. The van der Waals surface area contributed by atoms with Crippen molar-refractivity contribution in [1.29, 1.82) is 0 Å². The lowest BCUT2D eigenvalue weighted by atomic mass is 10.3. The van der Waals surface area contributed by atoms with Crippen molar-refractivity contribution < 1.29 is 20.3 Å². The van der Waals surface area contributed by atoms with Gasteiger partial charge in [-0.25, -0.2) is 22.3 Å². The molecule has 0 fully saturated rings. The number of primary sulfonamides is 1. The van der Waals surface area contributed by atoms with Crippen molar-refractivity contribution in [3.8, 4) is 0 Å². The third kappa shape index (κ3) is 2.30. The molecule has 0 radical (unpaired) electrons. The van der Waals surface area contributed by atoms with E-state index >= 15 is 0 Å². The van der Waals surface area contributed by atoms with Crippen molar-refractivity contribution in [2.75, 3.05) is 0 Å². The second-order valence-corrected chi connectivity index (χ2v) is 5.37. The molecule has 0 saturated heterocycles. The molecular formula is C6H4F2INO3S. The lowest BCUT2D eigenvalue weighted by molar-refractivity contribution is 0.561. The first-order chi connectivity index (χ1) is 6.36. The topological polar surface area (TPSA) is 77.2 Å². The fraction of sp³-hybridized carbons (Fsp3) is 0. The number of halogens is 3. The van der Waals surface area contributed by atoms with Gasteiger partial charge in [-0.2, -0.15) is 0 Å². The second-order valence-electron chi connectivity index (χ2n) is 2.32. The fourth-order valence-corrected chi connectivity index (χ4v) is 3.31. The molecule has 0 spiro atoms. The molecule has 0 atom stereocenters. The number of hydrogen-bond acceptors (Lipinski definition) is 3. The summed E-state index contributed by atoms with van der Waals surface area (Å²) >= 11 is -2.06. The molecule has 0 aromatic heterocycles. The Morgan fingerprint density at radius 3 is 2.29 bits per heavy atom. The van der Waals surface area contributed by atoms with Gasteiger partial charge in [-0.1, -0.05) is 0 Å². The monoisotopic (exact) mass is 335 g/mol. The predicted molar refractivity (Wildman–Crippen MR) is 51.1 cm³/mol. The van der Waals surface area contributed by atoms with Crippen LogP contribution in [0.25, 0.3) is 0 Å². The second kappa shape index (κ2) is 3.95. The van der Waals surface area contributed by atoms with E-state index in [0.29, 0.717) is 12.1 Å². The first kappa shape index (κ1) is 11.6. The molecule has 0 aliphatic carbocycles. The summed E-state index contributed by atoms with van der Waals surface area (Å²) in [7, 11) is -4.24. The average Bonchev–Trinajstić information content (AvgIpc) is 2.01. The average molecular weight is 335 g/mol. The van der Waals surface area contributed by atoms with Crippen LogP contribution in [0.3, 0.4) is 0 Å². The Balaban J connectivity index is 3.65. The molecule has 1 aromatic rings. The van der Waals surface area contributed by atoms with E-state index in [1.54, 1.807) is 0 Å². The van der Waals surface area contributed by atoms with E-state index in [4.69, 9.17) is 0 Å². The molecule has 0 aliphatic rings. The predicted octanol–water partition coefficient (Wildman–Crippen LogP) is 1.10. The van der Waals surface area contributed by atoms with E-state index in [1.165, 1.54) is 0 Å². The smallest absolute Gasteiger partial charge is 0.239 e. The van der Waals surface area contributed by atoms with Gasteiger partial charge < -0.3 is 0 Å². The minimum absolute atomic E-state index is 0.460. The molecule has 0 heterocycles. The lowest BCUT2D eigenvalue weighted by Crippen LogP contribution is -2.15. The highest BCUT2D eigenvalue weighted by molar-refractivity contribution is 14.1. The van der Waals surface area contributed by atoms with E-state index in [0.717, 1.165) is 0 Å². The molecule has 0 bridgehead atoms. The maximum atomic E-state index is 12.9. The molecule has 2 N–H and O–H groups in total. The van der Waals surface area contributed by atoms with Gasteiger partial charge in [-0.05, 0) is 6.07 Å². The molecular weight excluding hydrogens is 331 g/mol. The molecule has 0 saturated carbocycles. The minimum atomic E-state index is -4.24. The maximum absolute atomic E-state index is 12.9. The quantitative estimate of drug-likeness (QED) is 0.649. The van der Waals surface area contributed by atoms with Crippen LogP contribution in [-0.2, 0) is 13.1 Å². The summed E-state index contributed by atoms with van der Waals surface area (Å²) in [5, 5.41) is 4.69. The zero-order valence-electron chi connectivity index (χ0n) is 6.50. The summed E-state index contributed by atoms with van der Waals surface area (Å²) in [6.07, 6.45) is 0. The molecule has 0 unspecified atom stereocenters. The van der Waals surface area contributed by atoms with Gasteiger partial charge >= 0.3 is 0 Å². The van der Waals surface area contributed by atoms with Crippen LogP contribution in [0.2, 0.25) is 0 Å². The molecule has 1 rings (SSSR count). The van der Waals surface area contributed by atoms with Crippen molar-refractivity contribution in [1.82, 2.24) is 0 Å². The van der Waals surface area contributed by atoms with Crippen LogP contribution in [0.15, 0.2) is 17.0 Å². The third-order valence-corrected chi connectivity index (χ3v) is 4.18. The Bertz CT molecular complexity index is 488. The van der Waals surface area contributed by atoms with Crippen LogP contribution in [0.1, 0.15) is 0 Å². The first-order valence-corrected chi connectivity index (χ1v) is 6.65. The largest absolute Gasteiger partial charge is 0.265 e. The van der Waals surface area contributed by atoms with E-state index in [-0.39, 0.29) is 0 Å². The summed E-state index contributed by atoms with van der Waals surface area (Å²) < 4.78 is 57.2. The Labute approximate surface area is 88.8 Å². The number of benzene rings is 1. The lowest BCUT2D eigenvalue weighted by Gasteiger charge is -2.02. The Morgan fingerprint density at radius 2 is 1.86 bits per heavy atom. The van der Waals surface area contributed by atoms with Gasteiger partial charge in [0.1, 0.15) is 20.1 Å². The Morgan fingerprint density at radius 1 is 1.29 bits per heavy atom. The Hall–Kier alpha value is -0.480. The van der Waals surface area contributed by atoms with E-state index in [1.807, 2.05) is 0 Å². The zero-order chi connectivity index (χ0) is 10.9. The molecule has 0 aliphatic heterocycles. The molecule has 8 heteroatoms. The van der Waals surface area contributed by atoms with Crippen molar-refractivity contribution >= 4 is 31.2 Å². The zero-order valence-corrected chi connectivity index (χ0v) is 9.47. The van der Waals surface area contributed by atoms with Crippen molar-refractivity contribution in [2.24, 2.45) is 5.14 Å². The number of hydrogen-bond donors (Lipinski definition) is 1. The number of rotatable bonds is 2. The van der Waals surface area contributed by atoms with Crippen LogP contribution >= 0.6 is 21.2 Å². The van der Waals surface area contributed by atoms with Crippen LogP contribution in [-0.4, -0.2) is 8.42 Å². The summed E-state index contributed by atoms with van der Waals surface area (Å²) in [5.41, 5.74) is 0. The van der Waals surface area contributed by atoms with Gasteiger partial charge in [0, 0.05) is 6.07 Å². The molecule has 1 aromatic carbocycles. The van der Waals surface area contributed by atoms with Crippen molar-refractivity contribution in [3.63, 3.8) is 0 Å². The molecule has 14 heavy (non-hydrogen) atoms. The summed E-state index contributed by atoms with van der Waals surface area (Å²) in [4.78, 5) is -0.752.